The van der Waals surface area contributed by atoms with E-state index in [2.05, 4.69) is 21.9 Å². The minimum Gasteiger partial charge on any atom is -0.497 e. The van der Waals surface area contributed by atoms with Crippen molar-refractivity contribution in [2.24, 2.45) is 35.0 Å². The zero-order chi connectivity index (χ0) is 37.0. The number of hydrogen-bond donors (Lipinski definition) is 1. The highest BCUT2D eigenvalue weighted by Crippen LogP contribution is 2.51. The molecule has 51 heavy (non-hydrogen) atoms. The average Bonchev–Trinajstić information content (AvgIpc) is 3.79. The normalized spacial score (nSPS) is 26.3. The van der Waals surface area contributed by atoms with E-state index in [0.717, 1.165) is 32.1 Å². The molecule has 2 aliphatic carbocycles. The number of nitrogens with zero attached hydrogens (tertiary/aromatic N) is 3. The second-order valence-electron chi connectivity index (χ2n) is 15.9. The third kappa shape index (κ3) is 8.72. The molecule has 1 N–H and O–H groups in total. The topological polar surface area (TPSA) is 129 Å². The summed E-state index contributed by atoms with van der Waals surface area (Å²) in [6.07, 6.45) is 7.20. The lowest BCUT2D eigenvalue weighted by Crippen LogP contribution is -2.58. The number of benzene rings is 1. The molecule has 2 aromatic rings. The molecule has 3 aliphatic rings. The van der Waals surface area contributed by atoms with Gasteiger partial charge in [0, 0.05) is 12.0 Å². The fourth-order valence-corrected chi connectivity index (χ4v) is 8.40. The molecule has 0 radical (unpaired) electrons. The molecule has 5 rings (SSSR count). The number of carbonyl (C=O) groups excluding carboxylic acids is 3. The van der Waals surface area contributed by atoms with Crippen molar-refractivity contribution in [1.82, 2.24) is 20.2 Å². The van der Waals surface area contributed by atoms with Gasteiger partial charge in [-0.05, 0) is 86.2 Å². The number of esters is 1. The number of alkyl carbamates (subject to hydrolysis) is 1. The van der Waals surface area contributed by atoms with Crippen molar-refractivity contribution in [3.63, 3.8) is 0 Å². The van der Waals surface area contributed by atoms with Crippen molar-refractivity contribution in [2.75, 3.05) is 20.3 Å². The summed E-state index contributed by atoms with van der Waals surface area (Å²) in [7, 11) is 1.57. The Hall–Kier alpha value is -3.60. The molecule has 280 valence electrons. The number of unbranched alkanes of at least 4 members (excludes halogenated alkanes) is 1. The largest absolute Gasteiger partial charge is 0.497 e. The van der Waals surface area contributed by atoms with Gasteiger partial charge in [-0.15, -0.1) is 6.58 Å². The van der Waals surface area contributed by atoms with Gasteiger partial charge in [-0.25, -0.2) is 19.6 Å². The van der Waals surface area contributed by atoms with Crippen LogP contribution in [0, 0.1) is 35.0 Å². The van der Waals surface area contributed by atoms with Gasteiger partial charge < -0.3 is 29.2 Å². The highest BCUT2D eigenvalue weighted by molar-refractivity contribution is 6.31. The maximum absolute atomic E-state index is 14.7. The number of aromatic nitrogens is 2. The molecule has 1 aliphatic heterocycles. The first-order valence-electron chi connectivity index (χ1n) is 18.5. The van der Waals surface area contributed by atoms with Crippen molar-refractivity contribution < 1.29 is 33.3 Å². The first-order chi connectivity index (χ1) is 24.2. The van der Waals surface area contributed by atoms with E-state index < -0.39 is 47.5 Å². The first kappa shape index (κ1) is 38.6. The van der Waals surface area contributed by atoms with E-state index in [4.69, 9.17) is 30.5 Å². The molecule has 11 nitrogen and oxygen atoms in total. The van der Waals surface area contributed by atoms with Gasteiger partial charge >= 0.3 is 12.1 Å². The van der Waals surface area contributed by atoms with Crippen LogP contribution in [0.4, 0.5) is 4.79 Å². The van der Waals surface area contributed by atoms with E-state index in [1.54, 1.807) is 25.3 Å². The van der Waals surface area contributed by atoms with Crippen molar-refractivity contribution >= 4 is 40.6 Å². The van der Waals surface area contributed by atoms with E-state index in [1.807, 2.05) is 47.6 Å². The Morgan fingerprint density at radius 3 is 2.53 bits per heavy atom. The number of likely N-dealkylation sites (tertiary alicyclic amines) is 1. The average molecular weight is 727 g/mol. The number of amides is 2. The maximum Gasteiger partial charge on any atom is 0.408 e. The number of hydrogen-bond acceptors (Lipinski definition) is 9. The number of rotatable bonds is 14. The molecule has 8 atom stereocenters. The molecule has 12 heteroatoms. The van der Waals surface area contributed by atoms with E-state index in [1.165, 1.54) is 11.3 Å². The molecule has 2 saturated carbocycles. The van der Waals surface area contributed by atoms with Gasteiger partial charge in [-0.3, -0.25) is 4.79 Å². The van der Waals surface area contributed by atoms with Crippen molar-refractivity contribution in [3.05, 3.63) is 36.0 Å². The van der Waals surface area contributed by atoms with Crippen LogP contribution in [0.15, 0.2) is 30.9 Å². The lowest BCUT2D eigenvalue weighted by atomic mass is 9.83. The second-order valence-corrected chi connectivity index (χ2v) is 16.2. The Morgan fingerprint density at radius 2 is 1.86 bits per heavy atom. The molecule has 1 saturated heterocycles. The zero-order valence-electron chi connectivity index (χ0n) is 31.2. The van der Waals surface area contributed by atoms with Gasteiger partial charge in [0.1, 0.15) is 30.0 Å². The van der Waals surface area contributed by atoms with Crippen LogP contribution < -0.4 is 14.8 Å². The van der Waals surface area contributed by atoms with Crippen LogP contribution in [-0.2, 0) is 19.1 Å². The minimum absolute atomic E-state index is 0.0496. The number of allylic oxidation sites excluding steroid dienone is 1. The fourth-order valence-electron chi connectivity index (χ4n) is 8.22. The third-order valence-electron chi connectivity index (χ3n) is 10.8. The molecule has 2 heterocycles. The summed E-state index contributed by atoms with van der Waals surface area (Å²) in [4.78, 5) is 52.7. The summed E-state index contributed by atoms with van der Waals surface area (Å²) < 4.78 is 23.7. The predicted octanol–water partition coefficient (Wildman–Crippen LogP) is 7.39. The van der Waals surface area contributed by atoms with Crippen LogP contribution in [-0.4, -0.2) is 77.4 Å². The number of fused-ring (bicyclic) bond motifs is 3. The second kappa shape index (κ2) is 16.4. The highest BCUT2D eigenvalue weighted by Gasteiger charge is 2.53. The summed E-state index contributed by atoms with van der Waals surface area (Å²) in [6.45, 7) is 15.6. The van der Waals surface area contributed by atoms with Crippen LogP contribution in [0.2, 0.25) is 5.15 Å². The lowest BCUT2D eigenvalue weighted by molar-refractivity contribution is -0.157. The zero-order valence-corrected chi connectivity index (χ0v) is 31.9. The Morgan fingerprint density at radius 1 is 1.12 bits per heavy atom. The number of carbonyl (C=O) groups is 3. The SMILES string of the molecule is C=CCCC[C@H]1[C@H]2CC[C@H](C2)[C@@H]1OC(=O)N[C@H](C(=O)N1C[C@H](Oc2nc3cc(OC)ccc3nc2Cl)[C@@H](CC)[C@H]1C(=O)OCC(C)C)C(C)(C)C. The summed E-state index contributed by atoms with van der Waals surface area (Å²) in [5, 5.41) is 3.00. The molecule has 3 fully saturated rings. The smallest absolute Gasteiger partial charge is 0.408 e. The fraction of sp³-hybridized carbons (Fsp3) is 0.667. The summed E-state index contributed by atoms with van der Waals surface area (Å²) in [5.41, 5.74) is 0.375. The number of methoxy groups -OCH3 is 1. The first-order valence-corrected chi connectivity index (χ1v) is 18.9. The molecule has 0 spiro atoms. The molecule has 2 amide bonds. The van der Waals surface area contributed by atoms with Crippen LogP contribution in [0.3, 0.4) is 0 Å². The van der Waals surface area contributed by atoms with Gasteiger partial charge in [0.05, 0.1) is 31.3 Å². The van der Waals surface area contributed by atoms with Gasteiger partial charge in [0.25, 0.3) is 5.88 Å². The third-order valence-corrected chi connectivity index (χ3v) is 11.0. The maximum atomic E-state index is 14.7. The van der Waals surface area contributed by atoms with Gasteiger partial charge in [0.2, 0.25) is 5.91 Å². The summed E-state index contributed by atoms with van der Waals surface area (Å²) >= 11 is 6.57. The van der Waals surface area contributed by atoms with Crippen LogP contribution >= 0.6 is 11.6 Å². The number of nitrogens with one attached hydrogen (secondary N) is 1. The van der Waals surface area contributed by atoms with E-state index in [-0.39, 0.29) is 36.2 Å². The van der Waals surface area contributed by atoms with E-state index in [9.17, 15) is 14.4 Å². The minimum atomic E-state index is -0.990. The van der Waals surface area contributed by atoms with E-state index >= 15 is 0 Å². The Balaban J connectivity index is 1.39. The Bertz CT molecular complexity index is 1580. The molecular weight excluding hydrogens is 672 g/mol. The van der Waals surface area contributed by atoms with Crippen LogP contribution in [0.25, 0.3) is 11.0 Å². The van der Waals surface area contributed by atoms with Crippen LogP contribution in [0.5, 0.6) is 11.6 Å². The lowest BCUT2D eigenvalue weighted by Gasteiger charge is -2.36. The highest BCUT2D eigenvalue weighted by atomic mass is 35.5. The Kier molecular flexibility index (Phi) is 12.4. The predicted molar refractivity (Wildman–Crippen MR) is 196 cm³/mol. The van der Waals surface area contributed by atoms with E-state index in [0.29, 0.717) is 41.0 Å². The van der Waals surface area contributed by atoms with Gasteiger partial charge in [0.15, 0.2) is 5.15 Å². The molecule has 2 bridgehead atoms. The summed E-state index contributed by atoms with van der Waals surface area (Å²) in [6, 6.07) is 3.31. The summed E-state index contributed by atoms with van der Waals surface area (Å²) in [5.74, 6) is 0.618. The standard InChI is InChI=1S/C39H55ClN4O7/c1-9-11-12-13-27-23-14-15-24(18-23)32(27)51-38(47)43-33(39(5,6)7)36(45)44-20-30(26(10-2)31(44)37(46)49-21-22(3)4)50-35-34(40)41-28-17-16-25(48-8)19-29(28)42-35/h9,16-17,19,22-24,26-27,30-33H,1,10-15,18,20-21H2,2-8H3,(H,43,47)/t23-,24+,26+,27-,30-,31-,32-,33+/m0/s1. The number of ether oxygens (including phenoxy) is 4. The monoisotopic (exact) mass is 726 g/mol. The van der Waals surface area contributed by atoms with Gasteiger partial charge in [-0.2, -0.15) is 0 Å². The molecule has 1 aromatic heterocycles. The van der Waals surface area contributed by atoms with Gasteiger partial charge in [-0.1, -0.05) is 59.2 Å². The number of halogens is 1. The molecule has 0 unspecified atom stereocenters. The quantitative estimate of drug-likeness (QED) is 0.120. The van der Waals surface area contributed by atoms with Crippen molar-refractivity contribution in [1.29, 1.82) is 0 Å². The molecule has 1 aromatic carbocycles. The van der Waals surface area contributed by atoms with Crippen LogP contribution in [0.1, 0.15) is 86.5 Å². The van der Waals surface area contributed by atoms with Crippen molar-refractivity contribution in [3.8, 4) is 11.6 Å². The molecular formula is C39H55ClN4O7. The Labute approximate surface area is 307 Å². The van der Waals surface area contributed by atoms with Crippen molar-refractivity contribution in [2.45, 2.75) is 111 Å².